The van der Waals surface area contributed by atoms with E-state index in [0.29, 0.717) is 5.15 Å². The van der Waals surface area contributed by atoms with Crippen LogP contribution in [0.2, 0.25) is 5.15 Å². The largest absolute Gasteiger partial charge is 0.333 e. The monoisotopic (exact) mass is 142 g/mol. The second kappa shape index (κ2) is 1.74. The SMILES string of the molecule is Clc1cn2c(n1)CCC2. The first-order valence-electron chi connectivity index (χ1n) is 3.08. The molecule has 0 bridgehead atoms. The maximum absolute atomic E-state index is 5.65. The molecule has 0 fully saturated rings. The van der Waals surface area contributed by atoms with Gasteiger partial charge in [0.25, 0.3) is 0 Å². The summed E-state index contributed by atoms with van der Waals surface area (Å²) in [6.07, 6.45) is 4.20. The number of nitrogens with zero attached hydrogens (tertiary/aromatic N) is 2. The first-order chi connectivity index (χ1) is 4.36. The van der Waals surface area contributed by atoms with E-state index in [9.17, 15) is 0 Å². The summed E-state index contributed by atoms with van der Waals surface area (Å²) in [4.78, 5) is 4.12. The van der Waals surface area contributed by atoms with Crippen LogP contribution in [0.5, 0.6) is 0 Å². The van der Waals surface area contributed by atoms with E-state index in [4.69, 9.17) is 11.6 Å². The van der Waals surface area contributed by atoms with Crippen LogP contribution in [0.1, 0.15) is 12.2 Å². The fourth-order valence-electron chi connectivity index (χ4n) is 1.22. The van der Waals surface area contributed by atoms with Gasteiger partial charge in [0.15, 0.2) is 0 Å². The van der Waals surface area contributed by atoms with Crippen LogP contribution in [-0.4, -0.2) is 9.55 Å². The Hall–Kier alpha value is -0.500. The highest BCUT2D eigenvalue weighted by Gasteiger charge is 2.11. The van der Waals surface area contributed by atoms with Crippen LogP contribution in [-0.2, 0) is 13.0 Å². The molecule has 1 aromatic rings. The average Bonchev–Trinajstić information content (AvgIpc) is 2.22. The molecule has 2 rings (SSSR count). The molecule has 2 heterocycles. The van der Waals surface area contributed by atoms with Crippen molar-refractivity contribution >= 4 is 11.6 Å². The van der Waals surface area contributed by atoms with Crippen molar-refractivity contribution in [3.63, 3.8) is 0 Å². The highest BCUT2D eigenvalue weighted by atomic mass is 35.5. The van der Waals surface area contributed by atoms with Crippen molar-refractivity contribution in [2.45, 2.75) is 19.4 Å². The van der Waals surface area contributed by atoms with Crippen LogP contribution < -0.4 is 0 Å². The number of aryl methyl sites for hydroxylation is 2. The highest BCUT2D eigenvalue weighted by molar-refractivity contribution is 6.29. The molecule has 0 atom stereocenters. The van der Waals surface area contributed by atoms with Gasteiger partial charge in [-0.2, -0.15) is 0 Å². The Morgan fingerprint density at radius 3 is 3.33 bits per heavy atom. The lowest BCUT2D eigenvalue weighted by Gasteiger charge is -1.88. The van der Waals surface area contributed by atoms with E-state index in [-0.39, 0.29) is 0 Å². The van der Waals surface area contributed by atoms with Gasteiger partial charge in [-0.15, -0.1) is 0 Å². The van der Waals surface area contributed by atoms with Crippen molar-refractivity contribution in [2.75, 3.05) is 0 Å². The van der Waals surface area contributed by atoms with Crippen molar-refractivity contribution in [2.24, 2.45) is 0 Å². The van der Waals surface area contributed by atoms with Gasteiger partial charge in [-0.05, 0) is 6.42 Å². The Bertz CT molecular complexity index is 207. The molecule has 3 heteroatoms. The van der Waals surface area contributed by atoms with Gasteiger partial charge in [0.2, 0.25) is 0 Å². The average molecular weight is 143 g/mol. The summed E-state index contributed by atoms with van der Waals surface area (Å²) in [5.74, 6) is 1.14. The minimum atomic E-state index is 0.629. The van der Waals surface area contributed by atoms with Gasteiger partial charge in [0, 0.05) is 19.2 Å². The zero-order chi connectivity index (χ0) is 6.27. The molecule has 1 aliphatic heterocycles. The third-order valence-corrected chi connectivity index (χ3v) is 1.81. The van der Waals surface area contributed by atoms with Gasteiger partial charge in [-0.3, -0.25) is 0 Å². The molecule has 0 radical (unpaired) electrons. The van der Waals surface area contributed by atoms with Crippen molar-refractivity contribution in [3.8, 4) is 0 Å². The van der Waals surface area contributed by atoms with Crippen molar-refractivity contribution in [1.29, 1.82) is 0 Å². The summed E-state index contributed by atoms with van der Waals surface area (Å²) in [6.45, 7) is 1.09. The maximum Gasteiger partial charge on any atom is 0.147 e. The highest BCUT2D eigenvalue weighted by Crippen LogP contribution is 2.16. The van der Waals surface area contributed by atoms with Gasteiger partial charge in [-0.25, -0.2) is 4.98 Å². The van der Waals surface area contributed by atoms with E-state index in [1.165, 1.54) is 6.42 Å². The molecule has 1 aromatic heterocycles. The number of imidazole rings is 1. The number of hydrogen-bond donors (Lipinski definition) is 0. The lowest BCUT2D eigenvalue weighted by molar-refractivity contribution is 0.750. The number of hydrogen-bond acceptors (Lipinski definition) is 1. The van der Waals surface area contributed by atoms with Crippen LogP contribution in [0.3, 0.4) is 0 Å². The maximum atomic E-state index is 5.65. The van der Waals surface area contributed by atoms with E-state index in [0.717, 1.165) is 18.8 Å². The molecule has 0 amide bonds. The Morgan fingerprint density at radius 2 is 2.56 bits per heavy atom. The predicted octanol–water partition coefficient (Wildman–Crippen LogP) is 1.48. The first kappa shape index (κ1) is 5.30. The van der Waals surface area contributed by atoms with E-state index < -0.39 is 0 Å². The quantitative estimate of drug-likeness (QED) is 0.537. The van der Waals surface area contributed by atoms with Crippen LogP contribution in [0.15, 0.2) is 6.20 Å². The van der Waals surface area contributed by atoms with Gasteiger partial charge in [-0.1, -0.05) is 11.6 Å². The van der Waals surface area contributed by atoms with E-state index in [1.807, 2.05) is 6.20 Å². The minimum absolute atomic E-state index is 0.629. The fourth-order valence-corrected chi connectivity index (χ4v) is 1.44. The first-order valence-corrected chi connectivity index (χ1v) is 3.45. The predicted molar refractivity (Wildman–Crippen MR) is 35.6 cm³/mol. The topological polar surface area (TPSA) is 17.8 Å². The van der Waals surface area contributed by atoms with Crippen LogP contribution >= 0.6 is 11.6 Å². The summed E-state index contributed by atoms with van der Waals surface area (Å²) < 4.78 is 2.11. The van der Waals surface area contributed by atoms with E-state index in [2.05, 4.69) is 9.55 Å². The molecular formula is C6H7ClN2. The molecule has 0 N–H and O–H groups in total. The van der Waals surface area contributed by atoms with Gasteiger partial charge >= 0.3 is 0 Å². The molecule has 0 aliphatic carbocycles. The third kappa shape index (κ3) is 0.741. The zero-order valence-electron chi connectivity index (χ0n) is 4.97. The molecule has 0 unspecified atom stereocenters. The fraction of sp³-hybridized carbons (Fsp3) is 0.500. The summed E-state index contributed by atoms with van der Waals surface area (Å²) >= 11 is 5.65. The van der Waals surface area contributed by atoms with Gasteiger partial charge in [0.1, 0.15) is 11.0 Å². The number of aromatic nitrogens is 2. The molecule has 0 spiro atoms. The lowest BCUT2D eigenvalue weighted by Crippen LogP contribution is -1.87. The van der Waals surface area contributed by atoms with Gasteiger partial charge < -0.3 is 4.57 Å². The Balaban J connectivity index is 2.51. The molecule has 2 nitrogen and oxygen atoms in total. The second-order valence-corrected chi connectivity index (χ2v) is 2.66. The summed E-state index contributed by atoms with van der Waals surface area (Å²) in [7, 11) is 0. The Labute approximate surface area is 58.5 Å². The standard InChI is InChI=1S/C6H7ClN2/c7-5-4-9-3-1-2-6(9)8-5/h4H,1-3H2. The summed E-state index contributed by atoms with van der Waals surface area (Å²) in [5, 5.41) is 0.629. The third-order valence-electron chi connectivity index (χ3n) is 1.63. The zero-order valence-corrected chi connectivity index (χ0v) is 5.73. The number of fused-ring (bicyclic) bond motifs is 1. The lowest BCUT2D eigenvalue weighted by atomic mass is 10.4. The number of rotatable bonds is 0. The molecule has 9 heavy (non-hydrogen) atoms. The van der Waals surface area contributed by atoms with Crippen molar-refractivity contribution in [3.05, 3.63) is 17.2 Å². The molecule has 1 aliphatic rings. The molecule has 0 aromatic carbocycles. The van der Waals surface area contributed by atoms with Crippen LogP contribution in [0, 0.1) is 0 Å². The van der Waals surface area contributed by atoms with Crippen molar-refractivity contribution < 1.29 is 0 Å². The van der Waals surface area contributed by atoms with Crippen LogP contribution in [0.4, 0.5) is 0 Å². The molecule has 0 saturated heterocycles. The number of halogens is 1. The molecule has 48 valence electrons. The summed E-state index contributed by atoms with van der Waals surface area (Å²) in [5.41, 5.74) is 0. The minimum Gasteiger partial charge on any atom is -0.333 e. The van der Waals surface area contributed by atoms with Gasteiger partial charge in [0.05, 0.1) is 0 Å². The van der Waals surface area contributed by atoms with Crippen LogP contribution in [0.25, 0.3) is 0 Å². The Morgan fingerprint density at radius 1 is 1.67 bits per heavy atom. The molecule has 0 saturated carbocycles. The van der Waals surface area contributed by atoms with E-state index >= 15 is 0 Å². The summed E-state index contributed by atoms with van der Waals surface area (Å²) in [6, 6.07) is 0. The normalized spacial score (nSPS) is 16.1. The second-order valence-electron chi connectivity index (χ2n) is 2.28. The van der Waals surface area contributed by atoms with Crippen molar-refractivity contribution in [1.82, 2.24) is 9.55 Å². The molecular weight excluding hydrogens is 136 g/mol. The smallest absolute Gasteiger partial charge is 0.147 e. The Kier molecular flexibility index (Phi) is 1.02. The van der Waals surface area contributed by atoms with E-state index in [1.54, 1.807) is 0 Å².